The molecule has 0 aromatic heterocycles. The summed E-state index contributed by atoms with van der Waals surface area (Å²) in [6.45, 7) is 4.99. The number of allylic oxidation sites excluding steroid dienone is 1. The van der Waals surface area contributed by atoms with Gasteiger partial charge in [0.05, 0.1) is 23.3 Å². The van der Waals surface area contributed by atoms with Gasteiger partial charge in [0.25, 0.3) is 0 Å². The fraction of sp³-hybridized carbons (Fsp3) is 0.400. The fourth-order valence-electron chi connectivity index (χ4n) is 3.01. The minimum Gasteiger partial charge on any atom is -0.493 e. The number of nitrogens with two attached hydrogens (primary N) is 1. The summed E-state index contributed by atoms with van der Waals surface area (Å²) in [5.41, 5.74) is 7.90. The van der Waals surface area contributed by atoms with Crippen molar-refractivity contribution in [2.24, 2.45) is 11.7 Å². The summed E-state index contributed by atoms with van der Waals surface area (Å²) in [7, 11) is 0. The first-order valence-corrected chi connectivity index (χ1v) is 7.16. The zero-order valence-corrected chi connectivity index (χ0v) is 11.8. The quantitative estimate of drug-likeness (QED) is 0.788. The summed E-state index contributed by atoms with van der Waals surface area (Å²) in [6, 6.07) is 10.3. The monoisotopic (exact) mass is 272 g/mol. The van der Waals surface area contributed by atoms with Gasteiger partial charge in [-0.3, -0.25) is 0 Å². The molecule has 0 saturated carbocycles. The number of rotatable bonds is 0. The highest BCUT2D eigenvalue weighted by Crippen LogP contribution is 2.55. The first kappa shape index (κ1) is 12.4. The van der Waals surface area contributed by atoms with Crippen LogP contribution in [0.15, 0.2) is 34.9 Å². The second-order valence-corrected chi connectivity index (χ2v) is 7.22. The summed E-state index contributed by atoms with van der Waals surface area (Å²) >= 11 is 1.59. The molecule has 0 aliphatic carbocycles. The van der Waals surface area contributed by atoms with Crippen molar-refractivity contribution in [2.75, 3.05) is 6.61 Å². The fourth-order valence-corrected chi connectivity index (χ4v) is 4.22. The molecule has 1 aromatic rings. The Morgan fingerprint density at radius 3 is 2.89 bits per heavy atom. The molecule has 0 spiro atoms. The molecule has 0 bridgehead atoms. The number of fused-ring (bicyclic) bond motifs is 3. The summed E-state index contributed by atoms with van der Waals surface area (Å²) in [6.07, 6.45) is 0. The van der Waals surface area contributed by atoms with E-state index in [2.05, 4.69) is 19.9 Å². The predicted molar refractivity (Wildman–Crippen MR) is 76.7 cm³/mol. The molecule has 4 heteroatoms. The van der Waals surface area contributed by atoms with Crippen LogP contribution in [0, 0.1) is 17.2 Å². The molecule has 2 aliphatic rings. The molecule has 19 heavy (non-hydrogen) atoms. The maximum absolute atomic E-state index is 9.45. The molecule has 98 valence electrons. The van der Waals surface area contributed by atoms with Crippen molar-refractivity contribution in [3.8, 4) is 11.8 Å². The second-order valence-electron chi connectivity index (χ2n) is 5.53. The lowest BCUT2D eigenvalue weighted by Crippen LogP contribution is -2.43. The van der Waals surface area contributed by atoms with Gasteiger partial charge < -0.3 is 10.5 Å². The van der Waals surface area contributed by atoms with E-state index in [1.807, 2.05) is 24.3 Å². The number of para-hydroxylation sites is 1. The van der Waals surface area contributed by atoms with Crippen LogP contribution in [0.4, 0.5) is 0 Å². The Hall–Kier alpha value is -1.60. The van der Waals surface area contributed by atoms with Gasteiger partial charge in [0.1, 0.15) is 5.75 Å². The van der Waals surface area contributed by atoms with Crippen molar-refractivity contribution in [3.05, 3.63) is 40.4 Å². The van der Waals surface area contributed by atoms with E-state index < -0.39 is 0 Å². The molecular weight excluding hydrogens is 256 g/mol. The zero-order chi connectivity index (χ0) is 13.6. The average molecular weight is 272 g/mol. The Morgan fingerprint density at radius 2 is 2.16 bits per heavy atom. The Bertz CT molecular complexity index is 600. The van der Waals surface area contributed by atoms with Crippen LogP contribution in [0.1, 0.15) is 25.3 Å². The lowest BCUT2D eigenvalue weighted by atomic mass is 9.73. The first-order chi connectivity index (χ1) is 9.04. The van der Waals surface area contributed by atoms with Gasteiger partial charge in [-0.2, -0.15) is 5.26 Å². The van der Waals surface area contributed by atoms with Gasteiger partial charge in [-0.05, 0) is 19.9 Å². The van der Waals surface area contributed by atoms with Crippen molar-refractivity contribution in [1.82, 2.24) is 0 Å². The van der Waals surface area contributed by atoms with Crippen LogP contribution < -0.4 is 10.5 Å². The predicted octanol–water partition coefficient (Wildman–Crippen LogP) is 3.00. The highest BCUT2D eigenvalue weighted by molar-refractivity contribution is 8.04. The van der Waals surface area contributed by atoms with Gasteiger partial charge in [0.2, 0.25) is 0 Å². The van der Waals surface area contributed by atoms with Crippen LogP contribution >= 0.6 is 11.8 Å². The van der Waals surface area contributed by atoms with Crippen LogP contribution in [0.25, 0.3) is 0 Å². The summed E-state index contributed by atoms with van der Waals surface area (Å²) in [4.78, 5) is 0. The molecule has 0 fully saturated rings. The van der Waals surface area contributed by atoms with Gasteiger partial charge in [0.15, 0.2) is 0 Å². The summed E-state index contributed by atoms with van der Waals surface area (Å²) < 4.78 is 5.85. The number of hydrogen-bond acceptors (Lipinski definition) is 4. The number of thioether (sulfide) groups is 1. The molecule has 0 amide bonds. The van der Waals surface area contributed by atoms with Crippen molar-refractivity contribution < 1.29 is 4.74 Å². The highest BCUT2D eigenvalue weighted by atomic mass is 32.2. The van der Waals surface area contributed by atoms with E-state index in [9.17, 15) is 5.26 Å². The average Bonchev–Trinajstić information content (AvgIpc) is 2.38. The summed E-state index contributed by atoms with van der Waals surface area (Å²) in [5, 5.41) is 10.1. The molecule has 2 aliphatic heterocycles. The van der Waals surface area contributed by atoms with E-state index in [4.69, 9.17) is 10.5 Å². The number of hydrogen-bond donors (Lipinski definition) is 1. The molecule has 1 aromatic carbocycles. The van der Waals surface area contributed by atoms with Gasteiger partial charge in [-0.1, -0.05) is 18.2 Å². The standard InChI is InChI=1S/C15H16N2OS/c1-15(2)11-8-18-12-6-4-3-5-9(12)13(11)10(7-16)14(17)19-15/h3-6,11,13H,8,17H2,1-2H3/t11-,13-/m1/s1. The van der Waals surface area contributed by atoms with Crippen LogP contribution in [0.3, 0.4) is 0 Å². The van der Waals surface area contributed by atoms with E-state index in [0.717, 1.165) is 11.3 Å². The smallest absolute Gasteiger partial charge is 0.123 e. The maximum atomic E-state index is 9.45. The molecule has 3 nitrogen and oxygen atoms in total. The SMILES string of the molecule is CC1(C)SC(N)=C(C#N)[C@H]2c3ccccc3OC[C@H]21. The van der Waals surface area contributed by atoms with Crippen LogP contribution in [0.2, 0.25) is 0 Å². The van der Waals surface area contributed by atoms with Gasteiger partial charge in [-0.15, -0.1) is 11.8 Å². The molecular formula is C15H16N2OS. The van der Waals surface area contributed by atoms with Crippen molar-refractivity contribution in [3.63, 3.8) is 0 Å². The molecule has 3 rings (SSSR count). The van der Waals surface area contributed by atoms with Crippen molar-refractivity contribution >= 4 is 11.8 Å². The molecule has 0 radical (unpaired) electrons. The van der Waals surface area contributed by atoms with Crippen LogP contribution in [0.5, 0.6) is 5.75 Å². The largest absolute Gasteiger partial charge is 0.493 e. The molecule has 2 heterocycles. The Balaban J connectivity index is 2.21. The van der Waals surface area contributed by atoms with E-state index >= 15 is 0 Å². The first-order valence-electron chi connectivity index (χ1n) is 6.35. The molecule has 0 unspecified atom stereocenters. The van der Waals surface area contributed by atoms with Crippen LogP contribution in [-0.4, -0.2) is 11.4 Å². The molecule has 0 saturated heterocycles. The van der Waals surface area contributed by atoms with Gasteiger partial charge in [0, 0.05) is 22.1 Å². The van der Waals surface area contributed by atoms with Gasteiger partial charge >= 0.3 is 0 Å². The third kappa shape index (κ3) is 1.81. The zero-order valence-electron chi connectivity index (χ0n) is 11.0. The van der Waals surface area contributed by atoms with Crippen molar-refractivity contribution in [2.45, 2.75) is 24.5 Å². The van der Waals surface area contributed by atoms with Crippen LogP contribution in [-0.2, 0) is 0 Å². The Kier molecular flexibility index (Phi) is 2.75. The minimum absolute atomic E-state index is 0.0252. The van der Waals surface area contributed by atoms with Crippen molar-refractivity contribution in [1.29, 1.82) is 5.26 Å². The Labute approximate surface area is 117 Å². The lowest BCUT2D eigenvalue weighted by molar-refractivity contribution is 0.179. The highest BCUT2D eigenvalue weighted by Gasteiger charge is 2.47. The normalized spacial score (nSPS) is 27.8. The topological polar surface area (TPSA) is 59.0 Å². The molecule has 2 atom stereocenters. The lowest BCUT2D eigenvalue weighted by Gasteiger charge is -2.45. The van der Waals surface area contributed by atoms with E-state index in [1.54, 1.807) is 11.8 Å². The maximum Gasteiger partial charge on any atom is 0.123 e. The number of benzene rings is 1. The Morgan fingerprint density at radius 1 is 1.42 bits per heavy atom. The summed E-state index contributed by atoms with van der Waals surface area (Å²) in [5.74, 6) is 1.22. The third-order valence-corrected chi connectivity index (χ3v) is 5.31. The van der Waals surface area contributed by atoms with Gasteiger partial charge in [-0.25, -0.2) is 0 Å². The third-order valence-electron chi connectivity index (χ3n) is 4.04. The number of nitriles is 1. The minimum atomic E-state index is -0.0252. The van der Waals surface area contributed by atoms with E-state index in [1.165, 1.54) is 0 Å². The van der Waals surface area contributed by atoms with E-state index in [0.29, 0.717) is 17.2 Å². The number of ether oxygens (including phenoxy) is 1. The number of nitrogens with zero attached hydrogens (tertiary/aromatic N) is 1. The molecule has 2 N–H and O–H groups in total. The second kappa shape index (κ2) is 4.21. The van der Waals surface area contributed by atoms with E-state index in [-0.39, 0.29) is 16.6 Å².